The van der Waals surface area contributed by atoms with Crippen LogP contribution >= 0.6 is 0 Å². The Labute approximate surface area is 96.2 Å². The van der Waals surface area contributed by atoms with E-state index in [2.05, 4.69) is 15.4 Å². The molecule has 8 heteroatoms. The average Bonchev–Trinajstić information content (AvgIpc) is 2.25. The van der Waals surface area contributed by atoms with E-state index in [4.69, 9.17) is 10.6 Å². The number of hydrazine groups is 1. The second-order valence-electron chi connectivity index (χ2n) is 3.35. The largest absolute Gasteiger partial charge is 0.389 e. The lowest BCUT2D eigenvalue weighted by Crippen LogP contribution is -2.14. The fourth-order valence-electron chi connectivity index (χ4n) is 1.21. The van der Waals surface area contributed by atoms with Crippen LogP contribution in [0.15, 0.2) is 6.07 Å². The van der Waals surface area contributed by atoms with Gasteiger partial charge in [0.15, 0.2) is 0 Å². The minimum atomic E-state index is -4.23. The summed E-state index contributed by atoms with van der Waals surface area (Å²) in [5.41, 5.74) is 2.75. The van der Waals surface area contributed by atoms with E-state index in [1.807, 2.05) is 0 Å². The van der Waals surface area contributed by atoms with Gasteiger partial charge < -0.3 is 10.2 Å². The van der Waals surface area contributed by atoms with Gasteiger partial charge in [-0.2, -0.15) is 13.2 Å². The van der Waals surface area contributed by atoms with E-state index < -0.39 is 12.6 Å². The topological polar surface area (TPSA) is 73.1 Å². The van der Waals surface area contributed by atoms with Gasteiger partial charge >= 0.3 is 6.18 Å². The molecule has 0 unspecified atom stereocenters. The van der Waals surface area contributed by atoms with E-state index in [-0.39, 0.29) is 24.7 Å². The van der Waals surface area contributed by atoms with Crippen LogP contribution in [-0.2, 0) is 17.8 Å². The number of nitrogen functional groups attached to an aromatic ring is 1. The summed E-state index contributed by atoms with van der Waals surface area (Å²) in [6.07, 6.45) is -5.47. The molecule has 0 fully saturated rings. The van der Waals surface area contributed by atoms with Crippen molar-refractivity contribution in [3.8, 4) is 0 Å². The van der Waals surface area contributed by atoms with Crippen molar-refractivity contribution in [3.05, 3.63) is 17.6 Å². The van der Waals surface area contributed by atoms with Crippen molar-refractivity contribution in [1.29, 1.82) is 0 Å². The number of nitrogens with one attached hydrogen (secondary N) is 1. The SMILES string of the molecule is COCc1cc(NN)nc(CCC(F)(F)F)n1. The molecule has 0 bridgehead atoms. The molecule has 1 heterocycles. The predicted molar refractivity (Wildman–Crippen MR) is 54.9 cm³/mol. The maximum absolute atomic E-state index is 12.1. The van der Waals surface area contributed by atoms with Crippen molar-refractivity contribution < 1.29 is 17.9 Å². The number of nitrogens with two attached hydrogens (primary N) is 1. The van der Waals surface area contributed by atoms with Crippen LogP contribution in [0.25, 0.3) is 0 Å². The minimum absolute atomic E-state index is 0.0878. The molecule has 0 amide bonds. The lowest BCUT2D eigenvalue weighted by Gasteiger charge is -2.08. The van der Waals surface area contributed by atoms with Gasteiger partial charge in [0, 0.05) is 19.6 Å². The molecule has 5 nitrogen and oxygen atoms in total. The van der Waals surface area contributed by atoms with Crippen LogP contribution in [0.3, 0.4) is 0 Å². The Balaban J connectivity index is 2.79. The Bertz CT molecular complexity index is 370. The highest BCUT2D eigenvalue weighted by atomic mass is 19.4. The Morgan fingerprint density at radius 1 is 1.41 bits per heavy atom. The van der Waals surface area contributed by atoms with Gasteiger partial charge in [-0.25, -0.2) is 15.8 Å². The second-order valence-corrected chi connectivity index (χ2v) is 3.35. The molecule has 96 valence electrons. The van der Waals surface area contributed by atoms with Crippen LogP contribution in [0.1, 0.15) is 17.9 Å². The highest BCUT2D eigenvalue weighted by Gasteiger charge is 2.27. The molecule has 0 aliphatic rings. The van der Waals surface area contributed by atoms with Gasteiger partial charge in [0.25, 0.3) is 0 Å². The van der Waals surface area contributed by atoms with Gasteiger partial charge in [0.05, 0.1) is 18.7 Å². The summed E-state index contributed by atoms with van der Waals surface area (Å²) in [5, 5.41) is 0. The quantitative estimate of drug-likeness (QED) is 0.610. The molecule has 0 saturated heterocycles. The minimum Gasteiger partial charge on any atom is -0.378 e. The first-order valence-corrected chi connectivity index (χ1v) is 4.83. The summed E-state index contributed by atoms with van der Waals surface area (Å²) in [4.78, 5) is 7.78. The van der Waals surface area contributed by atoms with Crippen LogP contribution < -0.4 is 11.3 Å². The third-order valence-electron chi connectivity index (χ3n) is 1.90. The number of anilines is 1. The number of alkyl halides is 3. The van der Waals surface area contributed by atoms with Gasteiger partial charge in [0.2, 0.25) is 0 Å². The fourth-order valence-corrected chi connectivity index (χ4v) is 1.21. The molecular weight excluding hydrogens is 237 g/mol. The average molecular weight is 250 g/mol. The zero-order valence-electron chi connectivity index (χ0n) is 9.21. The van der Waals surface area contributed by atoms with Crippen LogP contribution in [0.5, 0.6) is 0 Å². The van der Waals surface area contributed by atoms with Crippen LogP contribution in [-0.4, -0.2) is 23.3 Å². The Kier molecular flexibility index (Phi) is 4.64. The molecule has 1 aromatic rings. The van der Waals surface area contributed by atoms with Gasteiger partial charge in [-0.15, -0.1) is 0 Å². The number of aromatic nitrogens is 2. The monoisotopic (exact) mass is 250 g/mol. The summed E-state index contributed by atoms with van der Waals surface area (Å²) >= 11 is 0. The lowest BCUT2D eigenvalue weighted by molar-refractivity contribution is -0.134. The van der Waals surface area contributed by atoms with Crippen molar-refractivity contribution in [1.82, 2.24) is 9.97 Å². The normalized spacial score (nSPS) is 11.6. The van der Waals surface area contributed by atoms with Crippen LogP contribution in [0.2, 0.25) is 0 Å². The molecular formula is C9H13F3N4O. The van der Waals surface area contributed by atoms with Crippen molar-refractivity contribution in [2.45, 2.75) is 25.6 Å². The van der Waals surface area contributed by atoms with E-state index in [0.29, 0.717) is 5.69 Å². The molecule has 0 aliphatic heterocycles. The number of ether oxygens (including phenoxy) is 1. The first-order chi connectivity index (χ1) is 7.94. The van der Waals surface area contributed by atoms with E-state index in [1.54, 1.807) is 0 Å². The van der Waals surface area contributed by atoms with Crippen LogP contribution in [0.4, 0.5) is 19.0 Å². The second kappa shape index (κ2) is 5.78. The highest BCUT2D eigenvalue weighted by Crippen LogP contribution is 2.21. The van der Waals surface area contributed by atoms with Gasteiger partial charge in [-0.3, -0.25) is 0 Å². The zero-order chi connectivity index (χ0) is 12.9. The molecule has 0 radical (unpaired) electrons. The van der Waals surface area contributed by atoms with E-state index >= 15 is 0 Å². The lowest BCUT2D eigenvalue weighted by atomic mass is 10.2. The standard InChI is InChI=1S/C9H13F3N4O/c1-17-5-6-4-8(16-13)15-7(14-6)2-3-9(10,11)12/h4H,2-3,5,13H2,1H3,(H,14,15,16). The summed E-state index contributed by atoms with van der Waals surface area (Å²) in [6, 6.07) is 1.51. The van der Waals surface area contributed by atoms with Gasteiger partial charge in [-0.1, -0.05) is 0 Å². The molecule has 3 N–H and O–H groups in total. The van der Waals surface area contributed by atoms with Crippen molar-refractivity contribution in [2.24, 2.45) is 5.84 Å². The molecule has 0 aliphatic carbocycles. The zero-order valence-corrected chi connectivity index (χ0v) is 9.21. The third-order valence-corrected chi connectivity index (χ3v) is 1.90. The number of rotatable bonds is 5. The van der Waals surface area contributed by atoms with Crippen molar-refractivity contribution in [3.63, 3.8) is 0 Å². The van der Waals surface area contributed by atoms with Crippen molar-refractivity contribution in [2.75, 3.05) is 12.5 Å². The first-order valence-electron chi connectivity index (χ1n) is 4.83. The Morgan fingerprint density at radius 3 is 2.65 bits per heavy atom. The van der Waals surface area contributed by atoms with E-state index in [0.717, 1.165) is 0 Å². The molecule has 0 saturated carbocycles. The molecule has 0 aromatic carbocycles. The summed E-state index contributed by atoms with van der Waals surface area (Å²) in [5.74, 6) is 5.52. The number of hydrogen-bond acceptors (Lipinski definition) is 5. The molecule has 0 atom stereocenters. The number of hydrogen-bond donors (Lipinski definition) is 2. The molecule has 0 spiro atoms. The summed E-state index contributed by atoms with van der Waals surface area (Å²) in [7, 11) is 1.47. The van der Waals surface area contributed by atoms with Crippen LogP contribution in [0, 0.1) is 0 Å². The molecule has 1 aromatic heterocycles. The summed E-state index contributed by atoms with van der Waals surface area (Å²) < 4.78 is 41.0. The van der Waals surface area contributed by atoms with E-state index in [9.17, 15) is 13.2 Å². The number of nitrogens with zero attached hydrogens (tertiary/aromatic N) is 2. The molecule has 1 rings (SSSR count). The highest BCUT2D eigenvalue weighted by molar-refractivity contribution is 5.34. The third kappa shape index (κ3) is 4.96. The first kappa shape index (κ1) is 13.7. The van der Waals surface area contributed by atoms with E-state index in [1.165, 1.54) is 13.2 Å². The number of halogens is 3. The number of aryl methyl sites for hydroxylation is 1. The van der Waals surface area contributed by atoms with Gasteiger partial charge in [0.1, 0.15) is 11.6 Å². The fraction of sp³-hybridized carbons (Fsp3) is 0.556. The predicted octanol–water partition coefficient (Wildman–Crippen LogP) is 1.40. The maximum Gasteiger partial charge on any atom is 0.389 e. The van der Waals surface area contributed by atoms with Crippen molar-refractivity contribution >= 4 is 5.82 Å². The Morgan fingerprint density at radius 2 is 2.12 bits per heavy atom. The molecule has 17 heavy (non-hydrogen) atoms. The van der Waals surface area contributed by atoms with Gasteiger partial charge in [-0.05, 0) is 0 Å². The maximum atomic E-state index is 12.1. The summed E-state index contributed by atoms with van der Waals surface area (Å²) in [6.45, 7) is 0.191. The smallest absolute Gasteiger partial charge is 0.378 e. The Hall–Kier alpha value is -1.41. The number of methoxy groups -OCH3 is 1.